The van der Waals surface area contributed by atoms with Crippen LogP contribution in [0.5, 0.6) is 0 Å². The topological polar surface area (TPSA) is 47.4 Å². The van der Waals surface area contributed by atoms with Gasteiger partial charge in [0, 0.05) is 25.8 Å². The van der Waals surface area contributed by atoms with Crippen LogP contribution in [0.4, 0.5) is 5.69 Å². The highest BCUT2D eigenvalue weighted by Gasteiger charge is 2.18. The summed E-state index contributed by atoms with van der Waals surface area (Å²) < 4.78 is 7.08. The molecule has 5 heteroatoms. The predicted molar refractivity (Wildman–Crippen MR) is 73.5 cm³/mol. The van der Waals surface area contributed by atoms with E-state index in [0.717, 1.165) is 38.2 Å². The van der Waals surface area contributed by atoms with E-state index in [2.05, 4.69) is 10.00 Å². The summed E-state index contributed by atoms with van der Waals surface area (Å²) in [4.78, 5) is 14.3. The first-order chi connectivity index (χ1) is 9.33. The Balaban J connectivity index is 1.71. The van der Waals surface area contributed by atoms with Gasteiger partial charge in [-0.25, -0.2) is 4.68 Å². The van der Waals surface area contributed by atoms with Gasteiger partial charge in [0.1, 0.15) is 0 Å². The van der Waals surface area contributed by atoms with Crippen molar-refractivity contribution in [2.45, 2.75) is 44.8 Å². The maximum Gasteiger partial charge on any atom is 0.268 e. The van der Waals surface area contributed by atoms with Crippen LogP contribution in [0.15, 0.2) is 17.1 Å². The van der Waals surface area contributed by atoms with Crippen LogP contribution in [0.1, 0.15) is 32.1 Å². The van der Waals surface area contributed by atoms with Crippen molar-refractivity contribution in [2.75, 3.05) is 24.6 Å². The van der Waals surface area contributed by atoms with Crippen molar-refractivity contribution < 1.29 is 4.74 Å². The molecule has 0 saturated carbocycles. The summed E-state index contributed by atoms with van der Waals surface area (Å²) in [5.74, 6) is 0. The van der Waals surface area contributed by atoms with E-state index in [4.69, 9.17) is 4.74 Å². The Morgan fingerprint density at radius 2 is 2.11 bits per heavy atom. The Labute approximate surface area is 113 Å². The van der Waals surface area contributed by atoms with E-state index in [0.29, 0.717) is 6.54 Å². The number of hydrogen-bond acceptors (Lipinski definition) is 4. The summed E-state index contributed by atoms with van der Waals surface area (Å²) in [6.45, 7) is 3.47. The summed E-state index contributed by atoms with van der Waals surface area (Å²) in [6.07, 6.45) is 7.80. The van der Waals surface area contributed by atoms with Gasteiger partial charge in [-0.3, -0.25) is 4.79 Å². The van der Waals surface area contributed by atoms with Crippen LogP contribution in [-0.2, 0) is 11.3 Å². The fourth-order valence-corrected chi connectivity index (χ4v) is 2.87. The highest BCUT2D eigenvalue weighted by Crippen LogP contribution is 2.17. The molecule has 1 unspecified atom stereocenters. The smallest absolute Gasteiger partial charge is 0.268 e. The van der Waals surface area contributed by atoms with E-state index >= 15 is 0 Å². The molecule has 2 aliphatic heterocycles. The minimum absolute atomic E-state index is 0.0152. The number of ether oxygens (including phenoxy) is 1. The monoisotopic (exact) mass is 263 g/mol. The molecule has 0 spiro atoms. The largest absolute Gasteiger partial charge is 0.376 e. The van der Waals surface area contributed by atoms with Crippen LogP contribution in [-0.4, -0.2) is 35.6 Å². The first-order valence-electron chi connectivity index (χ1n) is 7.27. The standard InChI is InChI=1S/C14H21N3O2/c18-14-9-12(16-6-2-1-3-7-16)10-15-17(14)11-13-5-4-8-19-13/h9-10,13H,1-8,11H2. The molecule has 1 atom stereocenters. The minimum Gasteiger partial charge on any atom is -0.376 e. The zero-order chi connectivity index (χ0) is 13.1. The molecule has 5 nitrogen and oxygen atoms in total. The van der Waals surface area contributed by atoms with E-state index in [9.17, 15) is 4.79 Å². The third kappa shape index (κ3) is 2.97. The van der Waals surface area contributed by atoms with Gasteiger partial charge in [-0.1, -0.05) is 0 Å². The highest BCUT2D eigenvalue weighted by atomic mass is 16.5. The number of nitrogens with zero attached hydrogens (tertiary/aromatic N) is 3. The first kappa shape index (κ1) is 12.7. The van der Waals surface area contributed by atoms with Gasteiger partial charge in [-0.05, 0) is 32.1 Å². The van der Waals surface area contributed by atoms with Gasteiger partial charge >= 0.3 is 0 Å². The van der Waals surface area contributed by atoms with Gasteiger partial charge in [0.05, 0.1) is 24.5 Å². The van der Waals surface area contributed by atoms with Crippen molar-refractivity contribution in [2.24, 2.45) is 0 Å². The summed E-state index contributed by atoms with van der Waals surface area (Å²) in [5, 5.41) is 4.30. The third-order valence-corrected chi connectivity index (χ3v) is 3.98. The molecule has 3 heterocycles. The van der Waals surface area contributed by atoms with Crippen molar-refractivity contribution in [1.29, 1.82) is 0 Å². The molecular formula is C14H21N3O2. The first-order valence-corrected chi connectivity index (χ1v) is 7.27. The lowest BCUT2D eigenvalue weighted by atomic mass is 10.1. The summed E-state index contributed by atoms with van der Waals surface area (Å²) in [6, 6.07) is 1.72. The molecule has 104 valence electrons. The summed E-state index contributed by atoms with van der Waals surface area (Å²) in [5.41, 5.74) is 0.951. The van der Waals surface area contributed by atoms with Crippen LogP contribution in [0.3, 0.4) is 0 Å². The summed E-state index contributed by atoms with van der Waals surface area (Å²) >= 11 is 0. The molecular weight excluding hydrogens is 242 g/mol. The zero-order valence-corrected chi connectivity index (χ0v) is 11.3. The van der Waals surface area contributed by atoms with Crippen molar-refractivity contribution in [1.82, 2.24) is 9.78 Å². The zero-order valence-electron chi connectivity index (χ0n) is 11.3. The predicted octanol–water partition coefficient (Wildman–Crippen LogP) is 1.41. The molecule has 19 heavy (non-hydrogen) atoms. The number of hydrogen-bond donors (Lipinski definition) is 0. The molecule has 2 aliphatic rings. The van der Waals surface area contributed by atoms with Gasteiger partial charge in [0.15, 0.2) is 0 Å². The Kier molecular flexibility index (Phi) is 3.82. The van der Waals surface area contributed by atoms with Gasteiger partial charge < -0.3 is 9.64 Å². The Hall–Kier alpha value is -1.36. The van der Waals surface area contributed by atoms with Gasteiger partial charge in [-0.15, -0.1) is 0 Å². The second kappa shape index (κ2) is 5.74. The average molecular weight is 263 g/mol. The number of aromatic nitrogens is 2. The maximum atomic E-state index is 12.1. The van der Waals surface area contributed by atoms with Gasteiger partial charge in [0.2, 0.25) is 0 Å². The van der Waals surface area contributed by atoms with E-state index in [1.165, 1.54) is 23.9 Å². The van der Waals surface area contributed by atoms with Crippen molar-refractivity contribution in [3.05, 3.63) is 22.6 Å². The molecule has 0 N–H and O–H groups in total. The Morgan fingerprint density at radius 3 is 2.79 bits per heavy atom. The lowest BCUT2D eigenvalue weighted by Gasteiger charge is -2.28. The van der Waals surface area contributed by atoms with E-state index in [1.807, 2.05) is 6.20 Å². The number of rotatable bonds is 3. The fourth-order valence-electron chi connectivity index (χ4n) is 2.87. The Morgan fingerprint density at radius 1 is 1.26 bits per heavy atom. The molecule has 0 amide bonds. The second-order valence-corrected chi connectivity index (χ2v) is 5.42. The molecule has 3 rings (SSSR count). The van der Waals surface area contributed by atoms with Crippen molar-refractivity contribution in [3.63, 3.8) is 0 Å². The molecule has 2 saturated heterocycles. The van der Waals surface area contributed by atoms with Gasteiger partial charge in [0.25, 0.3) is 5.56 Å². The van der Waals surface area contributed by atoms with Crippen molar-refractivity contribution in [3.8, 4) is 0 Å². The minimum atomic E-state index is -0.0152. The normalized spacial score (nSPS) is 23.8. The van der Waals surface area contributed by atoms with Crippen LogP contribution in [0.2, 0.25) is 0 Å². The fraction of sp³-hybridized carbons (Fsp3) is 0.714. The molecule has 0 aromatic carbocycles. The molecule has 0 bridgehead atoms. The number of anilines is 1. The van der Waals surface area contributed by atoms with Crippen molar-refractivity contribution >= 4 is 5.69 Å². The summed E-state index contributed by atoms with van der Waals surface area (Å²) in [7, 11) is 0. The van der Waals surface area contributed by atoms with E-state index in [1.54, 1.807) is 6.07 Å². The average Bonchev–Trinajstić information content (AvgIpc) is 2.95. The van der Waals surface area contributed by atoms with E-state index in [-0.39, 0.29) is 11.7 Å². The lowest BCUT2D eigenvalue weighted by molar-refractivity contribution is 0.0927. The molecule has 1 aromatic rings. The van der Waals surface area contributed by atoms with Crippen LogP contribution >= 0.6 is 0 Å². The second-order valence-electron chi connectivity index (χ2n) is 5.42. The third-order valence-electron chi connectivity index (χ3n) is 3.98. The Bertz CT molecular complexity index is 474. The van der Waals surface area contributed by atoms with E-state index < -0.39 is 0 Å². The van der Waals surface area contributed by atoms with Crippen LogP contribution in [0.25, 0.3) is 0 Å². The lowest BCUT2D eigenvalue weighted by Crippen LogP contribution is -2.33. The molecule has 0 radical (unpaired) electrons. The molecule has 0 aliphatic carbocycles. The molecule has 2 fully saturated rings. The molecule has 1 aromatic heterocycles. The highest BCUT2D eigenvalue weighted by molar-refractivity contribution is 5.43. The SMILES string of the molecule is O=c1cc(N2CCCCC2)cnn1CC1CCCO1. The van der Waals surface area contributed by atoms with Crippen LogP contribution < -0.4 is 10.5 Å². The van der Waals surface area contributed by atoms with Crippen LogP contribution in [0, 0.1) is 0 Å². The number of piperidine rings is 1. The quantitative estimate of drug-likeness (QED) is 0.827. The maximum absolute atomic E-state index is 12.1. The van der Waals surface area contributed by atoms with Gasteiger partial charge in [-0.2, -0.15) is 5.10 Å².